The molecular weight excluding hydrogens is 345 g/mol. The van der Waals surface area contributed by atoms with Crippen molar-refractivity contribution >= 4 is 23.0 Å². The van der Waals surface area contributed by atoms with E-state index in [9.17, 15) is 9.18 Å². The predicted octanol–water partition coefficient (Wildman–Crippen LogP) is 4.19. The first-order chi connectivity index (χ1) is 13.2. The highest BCUT2D eigenvalue weighted by Crippen LogP contribution is 2.21. The van der Waals surface area contributed by atoms with E-state index in [0.717, 1.165) is 22.0 Å². The number of carbonyl (C=O) groups excluding carboxylic acids is 1. The Labute approximate surface area is 154 Å². The molecule has 5 nitrogen and oxygen atoms in total. The van der Waals surface area contributed by atoms with Crippen molar-refractivity contribution in [1.82, 2.24) is 9.99 Å². The summed E-state index contributed by atoms with van der Waals surface area (Å²) in [7, 11) is 0. The molecule has 2 aromatic carbocycles. The average Bonchev–Trinajstić information content (AvgIpc) is 3.33. The van der Waals surface area contributed by atoms with Crippen molar-refractivity contribution in [2.24, 2.45) is 5.10 Å². The molecule has 0 bridgehead atoms. The Morgan fingerprint density at radius 3 is 2.70 bits per heavy atom. The summed E-state index contributed by atoms with van der Waals surface area (Å²) >= 11 is 0. The van der Waals surface area contributed by atoms with Gasteiger partial charge >= 0.3 is 5.91 Å². The first-order valence-corrected chi connectivity index (χ1v) is 8.40. The Morgan fingerprint density at radius 2 is 1.93 bits per heavy atom. The zero-order valence-electron chi connectivity index (χ0n) is 14.3. The summed E-state index contributed by atoms with van der Waals surface area (Å²) < 4.78 is 20.2. The van der Waals surface area contributed by atoms with Crippen molar-refractivity contribution in [2.45, 2.75) is 6.54 Å². The van der Waals surface area contributed by atoms with Gasteiger partial charge in [-0.15, -0.1) is 0 Å². The van der Waals surface area contributed by atoms with Crippen LogP contribution in [0, 0.1) is 5.82 Å². The lowest BCUT2D eigenvalue weighted by atomic mass is 10.2. The third kappa shape index (κ3) is 3.64. The molecule has 0 aliphatic carbocycles. The van der Waals surface area contributed by atoms with Gasteiger partial charge in [-0.25, -0.2) is 9.82 Å². The second-order valence-electron chi connectivity index (χ2n) is 6.03. The lowest BCUT2D eigenvalue weighted by Crippen LogP contribution is -2.16. The molecule has 2 heterocycles. The number of hydrogen-bond donors (Lipinski definition) is 1. The first-order valence-electron chi connectivity index (χ1n) is 8.40. The van der Waals surface area contributed by atoms with Gasteiger partial charge in [0, 0.05) is 29.2 Å². The van der Waals surface area contributed by atoms with E-state index in [1.54, 1.807) is 30.5 Å². The lowest BCUT2D eigenvalue weighted by Gasteiger charge is -2.05. The van der Waals surface area contributed by atoms with E-state index in [-0.39, 0.29) is 11.6 Å². The minimum Gasteiger partial charge on any atom is -0.459 e. The van der Waals surface area contributed by atoms with Crippen molar-refractivity contribution in [3.8, 4) is 0 Å². The van der Waals surface area contributed by atoms with E-state index in [1.807, 2.05) is 30.5 Å². The van der Waals surface area contributed by atoms with E-state index in [1.165, 1.54) is 18.4 Å². The fourth-order valence-corrected chi connectivity index (χ4v) is 2.92. The minimum atomic E-state index is -0.411. The smallest absolute Gasteiger partial charge is 0.307 e. The monoisotopic (exact) mass is 361 g/mol. The number of hydrazone groups is 1. The fraction of sp³-hybridized carbons (Fsp3) is 0.0476. The van der Waals surface area contributed by atoms with Crippen molar-refractivity contribution in [3.63, 3.8) is 0 Å². The highest BCUT2D eigenvalue weighted by atomic mass is 19.1. The van der Waals surface area contributed by atoms with Gasteiger partial charge in [0.1, 0.15) is 5.82 Å². The molecular formula is C21H16FN3O2. The topological polar surface area (TPSA) is 59.5 Å². The Balaban J connectivity index is 1.58. The van der Waals surface area contributed by atoms with Crippen LogP contribution in [0.2, 0.25) is 0 Å². The number of para-hydroxylation sites is 1. The Morgan fingerprint density at radius 1 is 1.11 bits per heavy atom. The Hall–Kier alpha value is -3.67. The van der Waals surface area contributed by atoms with Crippen molar-refractivity contribution in [2.75, 3.05) is 0 Å². The largest absolute Gasteiger partial charge is 0.459 e. The summed E-state index contributed by atoms with van der Waals surface area (Å²) in [4.78, 5) is 11.9. The van der Waals surface area contributed by atoms with Gasteiger partial charge in [0.05, 0.1) is 12.5 Å². The van der Waals surface area contributed by atoms with Gasteiger partial charge in [-0.1, -0.05) is 30.3 Å². The third-order valence-electron chi connectivity index (χ3n) is 4.20. The summed E-state index contributed by atoms with van der Waals surface area (Å²) in [6.45, 7) is 0.605. The van der Waals surface area contributed by atoms with E-state index >= 15 is 0 Å². The van der Waals surface area contributed by atoms with Crippen LogP contribution >= 0.6 is 0 Å². The summed E-state index contributed by atoms with van der Waals surface area (Å²) in [6, 6.07) is 17.6. The summed E-state index contributed by atoms with van der Waals surface area (Å²) in [5, 5.41) is 5.04. The van der Waals surface area contributed by atoms with Crippen LogP contribution in [0.3, 0.4) is 0 Å². The van der Waals surface area contributed by atoms with E-state index in [4.69, 9.17) is 4.42 Å². The van der Waals surface area contributed by atoms with Crippen molar-refractivity contribution in [3.05, 3.63) is 95.8 Å². The molecule has 4 aromatic rings. The van der Waals surface area contributed by atoms with Crippen LogP contribution in [0.5, 0.6) is 0 Å². The molecule has 27 heavy (non-hydrogen) atoms. The number of rotatable bonds is 5. The number of fused-ring (bicyclic) bond motifs is 1. The third-order valence-corrected chi connectivity index (χ3v) is 4.20. The molecule has 0 atom stereocenters. The molecule has 0 fully saturated rings. The summed E-state index contributed by atoms with van der Waals surface area (Å²) in [5.41, 5.74) is 5.34. The van der Waals surface area contributed by atoms with Gasteiger partial charge < -0.3 is 8.98 Å². The normalized spacial score (nSPS) is 11.3. The molecule has 0 aliphatic rings. The van der Waals surface area contributed by atoms with Crippen LogP contribution < -0.4 is 5.43 Å². The summed E-state index contributed by atoms with van der Waals surface area (Å²) in [5.74, 6) is -0.464. The Kier molecular flexibility index (Phi) is 4.53. The number of nitrogens with one attached hydrogen (secondary N) is 1. The second-order valence-corrected chi connectivity index (χ2v) is 6.03. The number of aromatic nitrogens is 1. The molecule has 0 saturated carbocycles. The zero-order valence-corrected chi connectivity index (χ0v) is 14.3. The molecule has 0 radical (unpaired) electrons. The molecule has 134 valence electrons. The van der Waals surface area contributed by atoms with E-state index in [2.05, 4.69) is 15.1 Å². The van der Waals surface area contributed by atoms with Crippen LogP contribution in [0.4, 0.5) is 4.39 Å². The van der Waals surface area contributed by atoms with Gasteiger partial charge in [0.2, 0.25) is 0 Å². The second kappa shape index (κ2) is 7.29. The van der Waals surface area contributed by atoms with Crippen LogP contribution in [-0.2, 0) is 6.54 Å². The lowest BCUT2D eigenvalue weighted by molar-refractivity contribution is 0.0927. The zero-order chi connectivity index (χ0) is 18.6. The standard InChI is InChI=1S/C21H16FN3O2/c22-17-9-7-15(8-10-17)13-25-14-16(18-4-1-2-5-19(18)25)12-23-24-21(26)20-6-3-11-27-20/h1-12,14H,13H2,(H,24,26)/b23-12+. The number of nitrogens with zero attached hydrogens (tertiary/aromatic N) is 2. The molecule has 0 saturated heterocycles. The van der Waals surface area contributed by atoms with Gasteiger partial charge in [0.25, 0.3) is 0 Å². The van der Waals surface area contributed by atoms with Crippen LogP contribution in [0.15, 0.2) is 82.6 Å². The average molecular weight is 361 g/mol. The maximum atomic E-state index is 13.1. The fourth-order valence-electron chi connectivity index (χ4n) is 2.92. The van der Waals surface area contributed by atoms with E-state index in [0.29, 0.717) is 6.54 Å². The molecule has 0 aliphatic heterocycles. The highest BCUT2D eigenvalue weighted by molar-refractivity contribution is 6.00. The van der Waals surface area contributed by atoms with Gasteiger partial charge in [-0.3, -0.25) is 4.79 Å². The number of benzene rings is 2. The molecule has 1 amide bonds. The molecule has 0 unspecified atom stereocenters. The molecule has 2 aromatic heterocycles. The van der Waals surface area contributed by atoms with Crippen LogP contribution in [-0.4, -0.2) is 16.7 Å². The number of hydrogen-bond acceptors (Lipinski definition) is 3. The van der Waals surface area contributed by atoms with Gasteiger partial charge in [-0.2, -0.15) is 5.10 Å². The van der Waals surface area contributed by atoms with Crippen molar-refractivity contribution < 1.29 is 13.6 Å². The number of amides is 1. The number of carbonyl (C=O) groups is 1. The van der Waals surface area contributed by atoms with Crippen molar-refractivity contribution in [1.29, 1.82) is 0 Å². The quantitative estimate of drug-likeness (QED) is 0.428. The highest BCUT2D eigenvalue weighted by Gasteiger charge is 2.09. The maximum Gasteiger partial charge on any atom is 0.307 e. The van der Waals surface area contributed by atoms with Gasteiger partial charge in [0.15, 0.2) is 5.76 Å². The maximum absolute atomic E-state index is 13.1. The summed E-state index contributed by atoms with van der Waals surface area (Å²) in [6.07, 6.45) is 4.99. The first kappa shape index (κ1) is 16.8. The van der Waals surface area contributed by atoms with Crippen LogP contribution in [0.1, 0.15) is 21.7 Å². The molecule has 6 heteroatoms. The number of furan rings is 1. The SMILES string of the molecule is O=C(N/N=C/c1cn(Cc2ccc(F)cc2)c2ccccc12)c1ccco1. The molecule has 1 N–H and O–H groups in total. The van der Waals surface area contributed by atoms with E-state index < -0.39 is 5.91 Å². The van der Waals surface area contributed by atoms with Crippen LogP contribution in [0.25, 0.3) is 10.9 Å². The predicted molar refractivity (Wildman–Crippen MR) is 101 cm³/mol. The minimum absolute atomic E-state index is 0.200. The van der Waals surface area contributed by atoms with Gasteiger partial charge in [-0.05, 0) is 35.9 Å². The Bertz CT molecular complexity index is 1100. The molecule has 4 rings (SSSR count). The molecule has 0 spiro atoms. The number of halogens is 1.